The van der Waals surface area contributed by atoms with Gasteiger partial charge in [-0.2, -0.15) is 0 Å². The van der Waals surface area contributed by atoms with Gasteiger partial charge in [0.15, 0.2) is 12.4 Å². The monoisotopic (exact) mass is 314 g/mol. The highest BCUT2D eigenvalue weighted by atomic mass is 19.1. The smallest absolute Gasteiger partial charge is 0.343 e. The van der Waals surface area contributed by atoms with Crippen molar-refractivity contribution in [3.8, 4) is 5.75 Å². The second-order valence-electron chi connectivity index (χ2n) is 4.64. The van der Waals surface area contributed by atoms with Gasteiger partial charge < -0.3 is 9.47 Å². The fraction of sp³-hybridized carbons (Fsp3) is 0.111. The number of halogens is 1. The fourth-order valence-corrected chi connectivity index (χ4v) is 1.80. The summed E-state index contributed by atoms with van der Waals surface area (Å²) < 4.78 is 22.7. The SMILES string of the molecule is COC(=O)COc1ccc(C(=O)C=Cc2cccc(F)c2)cc1. The molecule has 0 radical (unpaired) electrons. The maximum absolute atomic E-state index is 13.0. The molecule has 0 atom stereocenters. The molecule has 0 aromatic heterocycles. The lowest BCUT2D eigenvalue weighted by Crippen LogP contribution is -2.12. The highest BCUT2D eigenvalue weighted by Gasteiger charge is 2.04. The average Bonchev–Trinajstić information content (AvgIpc) is 2.58. The predicted octanol–water partition coefficient (Wildman–Crippen LogP) is 3.27. The van der Waals surface area contributed by atoms with Crippen molar-refractivity contribution in [2.24, 2.45) is 0 Å². The lowest BCUT2D eigenvalue weighted by Gasteiger charge is -2.04. The van der Waals surface area contributed by atoms with E-state index in [1.165, 1.54) is 25.3 Å². The number of hydrogen-bond acceptors (Lipinski definition) is 4. The summed E-state index contributed by atoms with van der Waals surface area (Å²) in [6, 6.07) is 12.3. The second kappa shape index (κ2) is 7.89. The molecule has 0 spiro atoms. The molecule has 0 aliphatic rings. The van der Waals surface area contributed by atoms with Gasteiger partial charge in [-0.25, -0.2) is 9.18 Å². The van der Waals surface area contributed by atoms with E-state index in [0.29, 0.717) is 16.9 Å². The van der Waals surface area contributed by atoms with E-state index in [4.69, 9.17) is 4.74 Å². The summed E-state index contributed by atoms with van der Waals surface area (Å²) in [5.74, 6) is -0.593. The minimum atomic E-state index is -0.483. The van der Waals surface area contributed by atoms with Crippen LogP contribution in [0.15, 0.2) is 54.6 Å². The first kappa shape index (κ1) is 16.4. The van der Waals surface area contributed by atoms with Gasteiger partial charge in [-0.15, -0.1) is 0 Å². The number of benzene rings is 2. The molecule has 0 saturated heterocycles. The van der Waals surface area contributed by atoms with Crippen molar-refractivity contribution in [3.05, 3.63) is 71.6 Å². The lowest BCUT2D eigenvalue weighted by molar-refractivity contribution is -0.142. The maximum Gasteiger partial charge on any atom is 0.343 e. The van der Waals surface area contributed by atoms with Crippen LogP contribution in [0.1, 0.15) is 15.9 Å². The quantitative estimate of drug-likeness (QED) is 0.466. The van der Waals surface area contributed by atoms with E-state index in [9.17, 15) is 14.0 Å². The Kier molecular flexibility index (Phi) is 5.63. The zero-order valence-corrected chi connectivity index (χ0v) is 12.5. The summed E-state index contributed by atoms with van der Waals surface area (Å²) in [4.78, 5) is 23.0. The first-order valence-corrected chi connectivity index (χ1v) is 6.86. The molecule has 0 saturated carbocycles. The van der Waals surface area contributed by atoms with Crippen LogP contribution < -0.4 is 4.74 Å². The van der Waals surface area contributed by atoms with Gasteiger partial charge in [0.05, 0.1) is 7.11 Å². The predicted molar refractivity (Wildman–Crippen MR) is 83.7 cm³/mol. The average molecular weight is 314 g/mol. The molecule has 0 fully saturated rings. The van der Waals surface area contributed by atoms with Crippen LogP contribution in [0.5, 0.6) is 5.75 Å². The third kappa shape index (κ3) is 5.07. The summed E-state index contributed by atoms with van der Waals surface area (Å²) in [6.07, 6.45) is 2.92. The van der Waals surface area contributed by atoms with E-state index in [1.807, 2.05) is 0 Å². The fourth-order valence-electron chi connectivity index (χ4n) is 1.80. The Balaban J connectivity index is 1.98. The lowest BCUT2D eigenvalue weighted by atomic mass is 10.1. The van der Waals surface area contributed by atoms with Crippen molar-refractivity contribution >= 4 is 17.8 Å². The van der Waals surface area contributed by atoms with Gasteiger partial charge in [0.1, 0.15) is 11.6 Å². The van der Waals surface area contributed by atoms with Crippen molar-refractivity contribution in [1.82, 2.24) is 0 Å². The molecule has 4 nitrogen and oxygen atoms in total. The van der Waals surface area contributed by atoms with Crippen molar-refractivity contribution in [2.45, 2.75) is 0 Å². The van der Waals surface area contributed by atoms with Crippen molar-refractivity contribution < 1.29 is 23.5 Å². The summed E-state index contributed by atoms with van der Waals surface area (Å²) in [5, 5.41) is 0. The largest absolute Gasteiger partial charge is 0.482 e. The van der Waals surface area contributed by atoms with Gasteiger partial charge in [0.25, 0.3) is 0 Å². The van der Waals surface area contributed by atoms with Crippen LogP contribution in [0.4, 0.5) is 4.39 Å². The Morgan fingerprint density at radius 1 is 1.13 bits per heavy atom. The first-order valence-electron chi connectivity index (χ1n) is 6.86. The number of carbonyl (C=O) groups is 2. The van der Waals surface area contributed by atoms with E-state index >= 15 is 0 Å². The zero-order chi connectivity index (χ0) is 16.7. The number of rotatable bonds is 6. The number of carbonyl (C=O) groups excluding carboxylic acids is 2. The van der Waals surface area contributed by atoms with Crippen LogP contribution in [0, 0.1) is 5.82 Å². The van der Waals surface area contributed by atoms with E-state index < -0.39 is 5.97 Å². The van der Waals surface area contributed by atoms with Crippen molar-refractivity contribution in [2.75, 3.05) is 13.7 Å². The Labute approximate surface area is 133 Å². The Morgan fingerprint density at radius 3 is 2.52 bits per heavy atom. The molecular formula is C18H15FO4. The number of esters is 1. The van der Waals surface area contributed by atoms with Gasteiger partial charge in [0, 0.05) is 5.56 Å². The second-order valence-corrected chi connectivity index (χ2v) is 4.64. The highest BCUT2D eigenvalue weighted by Crippen LogP contribution is 2.14. The molecule has 2 aromatic rings. The molecule has 118 valence electrons. The standard InChI is InChI=1S/C18H15FO4/c1-22-18(21)12-23-16-8-6-14(7-9-16)17(20)10-5-13-3-2-4-15(19)11-13/h2-11H,12H2,1H3. The van der Waals surface area contributed by atoms with Gasteiger partial charge in [-0.3, -0.25) is 4.79 Å². The molecule has 2 rings (SSSR count). The number of ether oxygens (including phenoxy) is 2. The molecule has 23 heavy (non-hydrogen) atoms. The normalized spacial score (nSPS) is 10.5. The van der Waals surface area contributed by atoms with Crippen LogP contribution in [0.25, 0.3) is 6.08 Å². The molecule has 0 amide bonds. The van der Waals surface area contributed by atoms with Gasteiger partial charge >= 0.3 is 5.97 Å². The molecule has 0 heterocycles. The van der Waals surface area contributed by atoms with Gasteiger partial charge in [0.2, 0.25) is 0 Å². The summed E-state index contributed by atoms with van der Waals surface area (Å²) in [7, 11) is 1.28. The van der Waals surface area contributed by atoms with Crippen LogP contribution >= 0.6 is 0 Å². The minimum Gasteiger partial charge on any atom is -0.482 e. The third-order valence-electron chi connectivity index (χ3n) is 3.00. The van der Waals surface area contributed by atoms with Gasteiger partial charge in [-0.05, 0) is 48.0 Å². The molecule has 0 N–H and O–H groups in total. The zero-order valence-electron chi connectivity index (χ0n) is 12.5. The topological polar surface area (TPSA) is 52.6 Å². The molecular weight excluding hydrogens is 299 g/mol. The third-order valence-corrected chi connectivity index (χ3v) is 3.00. The van der Waals surface area contributed by atoms with Crippen LogP contribution in [0.2, 0.25) is 0 Å². The molecule has 0 aliphatic carbocycles. The van der Waals surface area contributed by atoms with E-state index in [1.54, 1.807) is 42.5 Å². The Hall–Kier alpha value is -2.95. The highest BCUT2D eigenvalue weighted by molar-refractivity contribution is 6.06. The van der Waals surface area contributed by atoms with Crippen LogP contribution in [-0.2, 0) is 9.53 Å². The number of hydrogen-bond donors (Lipinski definition) is 0. The maximum atomic E-state index is 13.0. The Morgan fingerprint density at radius 2 is 1.87 bits per heavy atom. The van der Waals surface area contributed by atoms with Crippen molar-refractivity contribution in [1.29, 1.82) is 0 Å². The summed E-state index contributed by atoms with van der Waals surface area (Å²) in [6.45, 7) is -0.191. The Bertz CT molecular complexity index is 720. The number of allylic oxidation sites excluding steroid dienone is 1. The van der Waals surface area contributed by atoms with E-state index in [-0.39, 0.29) is 18.2 Å². The van der Waals surface area contributed by atoms with Crippen LogP contribution in [-0.4, -0.2) is 25.5 Å². The van der Waals surface area contributed by atoms with E-state index in [2.05, 4.69) is 4.74 Å². The summed E-state index contributed by atoms with van der Waals surface area (Å²) in [5.41, 5.74) is 1.07. The molecule has 5 heteroatoms. The molecule has 2 aromatic carbocycles. The molecule has 0 bridgehead atoms. The van der Waals surface area contributed by atoms with Gasteiger partial charge in [-0.1, -0.05) is 18.2 Å². The minimum absolute atomic E-state index is 0.191. The summed E-state index contributed by atoms with van der Waals surface area (Å²) >= 11 is 0. The number of methoxy groups -OCH3 is 1. The van der Waals surface area contributed by atoms with Crippen LogP contribution in [0.3, 0.4) is 0 Å². The first-order chi connectivity index (χ1) is 11.1. The van der Waals surface area contributed by atoms with Crippen molar-refractivity contribution in [3.63, 3.8) is 0 Å². The number of ketones is 1. The molecule has 0 unspecified atom stereocenters. The molecule has 0 aliphatic heterocycles. The van der Waals surface area contributed by atoms with E-state index in [0.717, 1.165) is 0 Å².